The molecule has 0 bridgehead atoms. The van der Waals surface area contributed by atoms with Crippen LogP contribution in [0.3, 0.4) is 0 Å². The van der Waals surface area contributed by atoms with Crippen molar-refractivity contribution < 1.29 is 4.39 Å². The molecule has 1 aliphatic heterocycles. The summed E-state index contributed by atoms with van der Waals surface area (Å²) >= 11 is 0. The minimum Gasteiger partial charge on any atom is -0.305 e. The summed E-state index contributed by atoms with van der Waals surface area (Å²) in [5.41, 5.74) is 1.76. The predicted molar refractivity (Wildman–Crippen MR) is 63.3 cm³/mol. The van der Waals surface area contributed by atoms with Gasteiger partial charge in [0.05, 0.1) is 5.54 Å². The van der Waals surface area contributed by atoms with Gasteiger partial charge in [0.25, 0.3) is 0 Å². The standard InChI is InChI=1S/C12H16FN.ClH/c1-9-4-3-5-10(8-9)12(2)11(13)6-7-14-12;/h3-5,8,11,14H,6-7H2,1-2H3;1H. The number of rotatable bonds is 1. The van der Waals surface area contributed by atoms with E-state index < -0.39 is 11.7 Å². The molecule has 2 atom stereocenters. The molecule has 1 nitrogen and oxygen atoms in total. The van der Waals surface area contributed by atoms with Crippen molar-refractivity contribution in [1.29, 1.82) is 0 Å². The Morgan fingerprint density at radius 2 is 2.20 bits per heavy atom. The number of hydrogen-bond acceptors (Lipinski definition) is 1. The van der Waals surface area contributed by atoms with Crippen molar-refractivity contribution in [2.75, 3.05) is 6.54 Å². The lowest BCUT2D eigenvalue weighted by atomic mass is 9.88. The van der Waals surface area contributed by atoms with Gasteiger partial charge in [0.2, 0.25) is 0 Å². The number of halogens is 2. The zero-order chi connectivity index (χ0) is 10.2. The van der Waals surface area contributed by atoms with Crippen LogP contribution < -0.4 is 5.32 Å². The Morgan fingerprint density at radius 3 is 2.73 bits per heavy atom. The maximum atomic E-state index is 13.7. The predicted octanol–water partition coefficient (Wildman–Crippen LogP) is 2.96. The highest BCUT2D eigenvalue weighted by molar-refractivity contribution is 5.85. The molecule has 1 fully saturated rings. The van der Waals surface area contributed by atoms with Gasteiger partial charge < -0.3 is 5.32 Å². The molecule has 1 aromatic rings. The number of alkyl halides is 1. The molecule has 84 valence electrons. The van der Waals surface area contributed by atoms with Gasteiger partial charge in [0.15, 0.2) is 0 Å². The Balaban J connectivity index is 0.00000112. The van der Waals surface area contributed by atoms with Crippen molar-refractivity contribution in [2.45, 2.75) is 32.0 Å². The normalized spacial score (nSPS) is 29.9. The third kappa shape index (κ3) is 2.16. The van der Waals surface area contributed by atoms with Crippen LogP contribution in [0.15, 0.2) is 24.3 Å². The van der Waals surface area contributed by atoms with Crippen LogP contribution in [0.25, 0.3) is 0 Å². The molecule has 1 saturated heterocycles. The highest BCUT2D eigenvalue weighted by Crippen LogP contribution is 2.33. The van der Waals surface area contributed by atoms with Crippen LogP contribution in [0.4, 0.5) is 4.39 Å². The Labute approximate surface area is 96.5 Å². The fraction of sp³-hybridized carbons (Fsp3) is 0.500. The second kappa shape index (κ2) is 4.50. The Morgan fingerprint density at radius 1 is 1.47 bits per heavy atom. The first-order valence-corrected chi connectivity index (χ1v) is 5.09. The Kier molecular flexibility index (Phi) is 3.74. The van der Waals surface area contributed by atoms with Crippen LogP contribution in [-0.2, 0) is 5.54 Å². The number of benzene rings is 1. The maximum Gasteiger partial charge on any atom is 0.123 e. The summed E-state index contributed by atoms with van der Waals surface area (Å²) in [4.78, 5) is 0. The molecular formula is C12H17ClFN. The molecule has 0 aliphatic carbocycles. The van der Waals surface area contributed by atoms with Crippen molar-refractivity contribution in [3.63, 3.8) is 0 Å². The second-order valence-electron chi connectivity index (χ2n) is 4.25. The average Bonchev–Trinajstić information content (AvgIpc) is 2.49. The van der Waals surface area contributed by atoms with E-state index >= 15 is 0 Å². The summed E-state index contributed by atoms with van der Waals surface area (Å²) in [7, 11) is 0. The molecule has 2 unspecified atom stereocenters. The van der Waals surface area contributed by atoms with Crippen molar-refractivity contribution in [1.82, 2.24) is 5.32 Å². The van der Waals surface area contributed by atoms with Gasteiger partial charge in [-0.25, -0.2) is 4.39 Å². The largest absolute Gasteiger partial charge is 0.305 e. The zero-order valence-electron chi connectivity index (χ0n) is 9.09. The molecule has 1 N–H and O–H groups in total. The number of aryl methyl sites for hydroxylation is 1. The van der Waals surface area contributed by atoms with Crippen molar-refractivity contribution in [3.8, 4) is 0 Å². The lowest BCUT2D eigenvalue weighted by molar-refractivity contribution is 0.220. The first-order chi connectivity index (χ1) is 6.63. The van der Waals surface area contributed by atoms with E-state index in [2.05, 4.69) is 11.4 Å². The third-order valence-electron chi connectivity index (χ3n) is 3.13. The van der Waals surface area contributed by atoms with Crippen LogP contribution in [-0.4, -0.2) is 12.7 Å². The van der Waals surface area contributed by atoms with Gasteiger partial charge in [-0.2, -0.15) is 0 Å². The smallest absolute Gasteiger partial charge is 0.123 e. The minimum absolute atomic E-state index is 0. The lowest BCUT2D eigenvalue weighted by Gasteiger charge is -2.27. The highest BCUT2D eigenvalue weighted by atomic mass is 35.5. The fourth-order valence-electron chi connectivity index (χ4n) is 2.11. The number of nitrogens with one attached hydrogen (secondary N) is 1. The van der Waals surface area contributed by atoms with Crippen LogP contribution in [0.5, 0.6) is 0 Å². The van der Waals surface area contributed by atoms with Crippen molar-refractivity contribution >= 4 is 12.4 Å². The molecule has 15 heavy (non-hydrogen) atoms. The molecule has 1 aliphatic rings. The molecular weight excluding hydrogens is 213 g/mol. The third-order valence-corrected chi connectivity index (χ3v) is 3.13. The first kappa shape index (κ1) is 12.5. The van der Waals surface area contributed by atoms with Gasteiger partial charge in [0.1, 0.15) is 6.17 Å². The van der Waals surface area contributed by atoms with E-state index in [0.717, 1.165) is 12.1 Å². The molecule has 3 heteroatoms. The Hall–Kier alpha value is -0.600. The zero-order valence-corrected chi connectivity index (χ0v) is 9.90. The van der Waals surface area contributed by atoms with Gasteiger partial charge in [0, 0.05) is 0 Å². The van der Waals surface area contributed by atoms with Crippen LogP contribution >= 0.6 is 12.4 Å². The van der Waals surface area contributed by atoms with E-state index in [1.807, 2.05) is 32.0 Å². The second-order valence-corrected chi connectivity index (χ2v) is 4.25. The van der Waals surface area contributed by atoms with Gasteiger partial charge in [-0.05, 0) is 32.4 Å². The first-order valence-electron chi connectivity index (χ1n) is 5.09. The SMILES string of the molecule is Cc1cccc(C2(C)NCCC2F)c1.Cl. The summed E-state index contributed by atoms with van der Waals surface area (Å²) < 4.78 is 13.7. The molecule has 2 rings (SSSR count). The maximum absolute atomic E-state index is 13.7. The summed E-state index contributed by atoms with van der Waals surface area (Å²) in [6.07, 6.45) is -0.158. The molecule has 0 aromatic heterocycles. The van der Waals surface area contributed by atoms with Gasteiger partial charge in [-0.1, -0.05) is 29.8 Å². The lowest BCUT2D eigenvalue weighted by Crippen LogP contribution is -2.39. The van der Waals surface area contributed by atoms with Crippen LogP contribution in [0.2, 0.25) is 0 Å². The van der Waals surface area contributed by atoms with Crippen LogP contribution in [0, 0.1) is 6.92 Å². The minimum atomic E-state index is -0.774. The fourth-order valence-corrected chi connectivity index (χ4v) is 2.11. The summed E-state index contributed by atoms with van der Waals surface area (Å²) in [6.45, 7) is 4.75. The van der Waals surface area contributed by atoms with Gasteiger partial charge in [-0.15, -0.1) is 12.4 Å². The average molecular weight is 230 g/mol. The van der Waals surface area contributed by atoms with E-state index in [9.17, 15) is 4.39 Å². The van der Waals surface area contributed by atoms with E-state index in [0.29, 0.717) is 6.42 Å². The highest BCUT2D eigenvalue weighted by Gasteiger charge is 2.40. The number of hydrogen-bond donors (Lipinski definition) is 1. The summed E-state index contributed by atoms with van der Waals surface area (Å²) in [6, 6.07) is 8.08. The summed E-state index contributed by atoms with van der Waals surface area (Å²) in [5.74, 6) is 0. The van der Waals surface area contributed by atoms with Crippen LogP contribution in [0.1, 0.15) is 24.5 Å². The molecule has 1 aromatic carbocycles. The van der Waals surface area contributed by atoms with Crippen molar-refractivity contribution in [3.05, 3.63) is 35.4 Å². The Bertz CT molecular complexity index is 342. The van der Waals surface area contributed by atoms with E-state index in [-0.39, 0.29) is 12.4 Å². The van der Waals surface area contributed by atoms with E-state index in [1.165, 1.54) is 5.56 Å². The van der Waals surface area contributed by atoms with Gasteiger partial charge in [-0.3, -0.25) is 0 Å². The molecule has 0 radical (unpaired) electrons. The molecule has 0 saturated carbocycles. The monoisotopic (exact) mass is 229 g/mol. The topological polar surface area (TPSA) is 12.0 Å². The quantitative estimate of drug-likeness (QED) is 0.781. The molecule has 1 heterocycles. The van der Waals surface area contributed by atoms with E-state index in [4.69, 9.17) is 0 Å². The summed E-state index contributed by atoms with van der Waals surface area (Å²) in [5, 5.41) is 3.25. The van der Waals surface area contributed by atoms with Crippen molar-refractivity contribution in [2.24, 2.45) is 0 Å². The van der Waals surface area contributed by atoms with Gasteiger partial charge >= 0.3 is 0 Å². The molecule has 0 spiro atoms. The van der Waals surface area contributed by atoms with E-state index in [1.54, 1.807) is 0 Å². The molecule has 0 amide bonds.